The molecule has 0 amide bonds. The van der Waals surface area contributed by atoms with Crippen LogP contribution in [0, 0.1) is 0 Å². The van der Waals surface area contributed by atoms with E-state index in [1.807, 2.05) is 13.1 Å². The van der Waals surface area contributed by atoms with E-state index in [0.717, 1.165) is 5.69 Å². The van der Waals surface area contributed by atoms with Crippen molar-refractivity contribution in [2.24, 2.45) is 0 Å². The lowest BCUT2D eigenvalue weighted by Crippen LogP contribution is -2.10. The second-order valence-corrected chi connectivity index (χ2v) is 4.34. The molecular weight excluding hydrogens is 205 g/mol. The lowest BCUT2D eigenvalue weighted by molar-refractivity contribution is 1.35. The van der Waals surface area contributed by atoms with Gasteiger partial charge in [-0.3, -0.25) is 0 Å². The van der Waals surface area contributed by atoms with Gasteiger partial charge in [0.15, 0.2) is 0 Å². The number of anilines is 1. The van der Waals surface area contributed by atoms with Crippen molar-refractivity contribution in [2.75, 3.05) is 11.9 Å². The Morgan fingerprint density at radius 1 is 0.765 bits per heavy atom. The summed E-state index contributed by atoms with van der Waals surface area (Å²) in [5, 5.41) is 5.00. The fraction of sp³-hybridized carbons (Fsp3) is 0.0667. The molecule has 0 aliphatic carbocycles. The SMILES string of the molecule is [B]N(C)c1ccc2cc3ccccc3cc2c1. The Balaban J connectivity index is 2.32. The van der Waals surface area contributed by atoms with Gasteiger partial charge in [0.2, 0.25) is 7.98 Å². The highest BCUT2D eigenvalue weighted by molar-refractivity contribution is 6.18. The van der Waals surface area contributed by atoms with Crippen molar-refractivity contribution in [3.8, 4) is 0 Å². The fourth-order valence-corrected chi connectivity index (χ4v) is 2.15. The van der Waals surface area contributed by atoms with Gasteiger partial charge in [0.25, 0.3) is 0 Å². The van der Waals surface area contributed by atoms with Crippen molar-refractivity contribution in [3.05, 3.63) is 54.6 Å². The third-order valence-electron chi connectivity index (χ3n) is 3.10. The van der Waals surface area contributed by atoms with Crippen molar-refractivity contribution in [2.45, 2.75) is 0 Å². The van der Waals surface area contributed by atoms with Crippen LogP contribution in [0.4, 0.5) is 5.69 Å². The van der Waals surface area contributed by atoms with Crippen molar-refractivity contribution < 1.29 is 0 Å². The van der Waals surface area contributed by atoms with Crippen LogP contribution in [0.5, 0.6) is 0 Å². The Morgan fingerprint density at radius 3 is 2.00 bits per heavy atom. The van der Waals surface area contributed by atoms with E-state index in [9.17, 15) is 0 Å². The average molecular weight is 217 g/mol. The molecule has 0 atom stereocenters. The summed E-state index contributed by atoms with van der Waals surface area (Å²) in [6, 6.07) is 19.1. The van der Waals surface area contributed by atoms with E-state index in [1.54, 1.807) is 4.81 Å². The van der Waals surface area contributed by atoms with Crippen LogP contribution in [0.2, 0.25) is 0 Å². The number of rotatable bonds is 1. The lowest BCUT2D eigenvalue weighted by Gasteiger charge is -2.13. The second kappa shape index (κ2) is 3.81. The van der Waals surface area contributed by atoms with E-state index in [1.165, 1.54) is 21.5 Å². The molecule has 0 aliphatic heterocycles. The molecule has 0 spiro atoms. The summed E-state index contributed by atoms with van der Waals surface area (Å²) in [6.45, 7) is 0. The smallest absolute Gasteiger partial charge is 0.226 e. The molecule has 0 heterocycles. The molecule has 1 nitrogen and oxygen atoms in total. The average Bonchev–Trinajstić information content (AvgIpc) is 2.35. The molecule has 3 aromatic rings. The normalized spacial score (nSPS) is 10.9. The first-order valence-electron chi connectivity index (χ1n) is 5.65. The summed E-state index contributed by atoms with van der Waals surface area (Å²) in [6.07, 6.45) is 0. The number of hydrogen-bond acceptors (Lipinski definition) is 1. The molecule has 17 heavy (non-hydrogen) atoms. The van der Waals surface area contributed by atoms with Gasteiger partial charge in [-0.2, -0.15) is 0 Å². The summed E-state index contributed by atoms with van der Waals surface area (Å²) in [4.78, 5) is 1.63. The van der Waals surface area contributed by atoms with Gasteiger partial charge in [-0.15, -0.1) is 0 Å². The van der Waals surface area contributed by atoms with Crippen molar-refractivity contribution in [1.29, 1.82) is 0 Å². The maximum absolute atomic E-state index is 5.75. The lowest BCUT2D eigenvalue weighted by atomic mass is 10.0. The summed E-state index contributed by atoms with van der Waals surface area (Å²) in [5.41, 5.74) is 1.02. The zero-order valence-electron chi connectivity index (χ0n) is 9.72. The molecule has 0 saturated heterocycles. The third-order valence-corrected chi connectivity index (χ3v) is 3.10. The van der Waals surface area contributed by atoms with Crippen LogP contribution < -0.4 is 4.81 Å². The van der Waals surface area contributed by atoms with Gasteiger partial charge in [0, 0.05) is 5.69 Å². The largest absolute Gasteiger partial charge is 0.427 e. The summed E-state index contributed by atoms with van der Waals surface area (Å²) in [5.74, 6) is 0. The van der Waals surface area contributed by atoms with Crippen molar-refractivity contribution in [3.63, 3.8) is 0 Å². The van der Waals surface area contributed by atoms with Crippen LogP contribution >= 0.6 is 0 Å². The molecule has 2 radical (unpaired) electrons. The van der Waals surface area contributed by atoms with Crippen LogP contribution in [0.15, 0.2) is 54.6 Å². The Morgan fingerprint density at radius 2 is 1.35 bits per heavy atom. The first-order valence-corrected chi connectivity index (χ1v) is 5.65. The molecule has 0 unspecified atom stereocenters. The Kier molecular flexibility index (Phi) is 2.29. The van der Waals surface area contributed by atoms with E-state index in [0.29, 0.717) is 0 Å². The van der Waals surface area contributed by atoms with Crippen LogP contribution in [0.25, 0.3) is 21.5 Å². The van der Waals surface area contributed by atoms with E-state index < -0.39 is 0 Å². The fourth-order valence-electron chi connectivity index (χ4n) is 2.15. The van der Waals surface area contributed by atoms with E-state index in [4.69, 9.17) is 7.98 Å². The highest BCUT2D eigenvalue weighted by Gasteiger charge is 2.00. The van der Waals surface area contributed by atoms with Gasteiger partial charge in [-0.25, -0.2) is 0 Å². The number of nitrogens with zero attached hydrogens (tertiary/aromatic N) is 1. The van der Waals surface area contributed by atoms with Gasteiger partial charge in [-0.05, 0) is 52.9 Å². The first kappa shape index (κ1) is 10.2. The van der Waals surface area contributed by atoms with Crippen LogP contribution in [-0.4, -0.2) is 15.0 Å². The molecule has 0 bridgehead atoms. The standard InChI is InChI=1S/C15H12BN/c1-17(16)15-7-6-13-8-11-4-2-3-5-12(11)9-14(13)10-15/h2-10H,1H3. The molecule has 0 aromatic heterocycles. The monoisotopic (exact) mass is 217 g/mol. The van der Waals surface area contributed by atoms with E-state index in [2.05, 4.69) is 48.5 Å². The Bertz CT molecular complexity index is 689. The number of benzene rings is 3. The summed E-state index contributed by atoms with van der Waals surface area (Å²) in [7, 11) is 7.60. The van der Waals surface area contributed by atoms with E-state index >= 15 is 0 Å². The van der Waals surface area contributed by atoms with Gasteiger partial charge < -0.3 is 4.81 Å². The zero-order chi connectivity index (χ0) is 11.8. The maximum Gasteiger partial charge on any atom is 0.226 e. The molecule has 0 saturated carbocycles. The predicted octanol–water partition coefficient (Wildman–Crippen LogP) is 3.51. The minimum Gasteiger partial charge on any atom is -0.427 e. The quantitative estimate of drug-likeness (QED) is 0.445. The molecule has 3 aromatic carbocycles. The maximum atomic E-state index is 5.75. The zero-order valence-corrected chi connectivity index (χ0v) is 9.72. The van der Waals surface area contributed by atoms with E-state index in [-0.39, 0.29) is 0 Å². The minimum atomic E-state index is 1.02. The topological polar surface area (TPSA) is 3.24 Å². The highest BCUT2D eigenvalue weighted by atomic mass is 15.0. The molecule has 2 heteroatoms. The second-order valence-electron chi connectivity index (χ2n) is 4.34. The van der Waals surface area contributed by atoms with Gasteiger partial charge in [0.05, 0.1) is 0 Å². The van der Waals surface area contributed by atoms with Gasteiger partial charge in [-0.1, -0.05) is 30.3 Å². The first-order chi connectivity index (χ1) is 8.24. The number of fused-ring (bicyclic) bond motifs is 2. The molecule has 0 fully saturated rings. The Labute approximate surface area is 102 Å². The van der Waals surface area contributed by atoms with Crippen molar-refractivity contribution >= 4 is 35.2 Å². The van der Waals surface area contributed by atoms with Crippen LogP contribution in [0.3, 0.4) is 0 Å². The third kappa shape index (κ3) is 1.76. The molecule has 3 rings (SSSR count). The van der Waals surface area contributed by atoms with Gasteiger partial charge >= 0.3 is 0 Å². The van der Waals surface area contributed by atoms with Crippen LogP contribution in [-0.2, 0) is 0 Å². The molecular formula is C15H12BN. The number of hydrogen-bond donors (Lipinski definition) is 0. The molecule has 0 N–H and O–H groups in total. The predicted molar refractivity (Wildman–Crippen MR) is 75.6 cm³/mol. The summed E-state index contributed by atoms with van der Waals surface area (Å²) >= 11 is 0. The van der Waals surface area contributed by atoms with Crippen molar-refractivity contribution in [1.82, 2.24) is 0 Å². The summed E-state index contributed by atoms with van der Waals surface area (Å²) < 4.78 is 0. The minimum absolute atomic E-state index is 1.02. The molecule has 0 aliphatic rings. The van der Waals surface area contributed by atoms with Crippen LogP contribution in [0.1, 0.15) is 0 Å². The molecule has 80 valence electrons. The van der Waals surface area contributed by atoms with Gasteiger partial charge in [0.1, 0.15) is 0 Å². The highest BCUT2D eigenvalue weighted by Crippen LogP contribution is 2.25. The Hall–Kier alpha value is -1.96.